The molecule has 0 aliphatic carbocycles. The maximum atomic E-state index is 12.2. The van der Waals surface area contributed by atoms with Gasteiger partial charge in [0.25, 0.3) is 5.91 Å². The molecule has 110 valence electrons. The van der Waals surface area contributed by atoms with Gasteiger partial charge in [-0.15, -0.1) is 0 Å². The summed E-state index contributed by atoms with van der Waals surface area (Å²) < 4.78 is 28.4. The minimum Gasteiger partial charge on any atom is -0.484 e. The Morgan fingerprint density at radius 1 is 1.35 bits per heavy atom. The third-order valence-electron chi connectivity index (χ3n) is 3.42. The molecule has 5 nitrogen and oxygen atoms in total. The fraction of sp³-hybridized carbons (Fsp3) is 0.500. The third-order valence-corrected chi connectivity index (χ3v) is 5.17. The molecule has 0 saturated carbocycles. The number of benzene rings is 1. The Morgan fingerprint density at radius 2 is 2.05 bits per heavy atom. The van der Waals surface area contributed by atoms with Gasteiger partial charge in [0.1, 0.15) is 5.75 Å². The summed E-state index contributed by atoms with van der Waals surface area (Å²) in [5.41, 5.74) is 0. The van der Waals surface area contributed by atoms with Gasteiger partial charge < -0.3 is 9.64 Å². The Balaban J connectivity index is 1.93. The van der Waals surface area contributed by atoms with Crippen LogP contribution in [0.5, 0.6) is 5.75 Å². The van der Waals surface area contributed by atoms with Gasteiger partial charge in [-0.1, -0.05) is 18.2 Å². The molecule has 0 radical (unpaired) electrons. The van der Waals surface area contributed by atoms with Gasteiger partial charge in [-0.25, -0.2) is 8.42 Å². The van der Waals surface area contributed by atoms with E-state index >= 15 is 0 Å². The molecule has 1 fully saturated rings. The summed E-state index contributed by atoms with van der Waals surface area (Å²) in [7, 11) is -2.99. The normalized spacial score (nSPS) is 20.6. The van der Waals surface area contributed by atoms with E-state index in [4.69, 9.17) is 4.74 Å². The van der Waals surface area contributed by atoms with Crippen molar-refractivity contribution in [2.24, 2.45) is 0 Å². The monoisotopic (exact) mass is 297 g/mol. The summed E-state index contributed by atoms with van der Waals surface area (Å²) in [6.45, 7) is 2.29. The smallest absolute Gasteiger partial charge is 0.260 e. The zero-order valence-corrected chi connectivity index (χ0v) is 12.3. The highest BCUT2D eigenvalue weighted by atomic mass is 32.2. The number of hydrogen-bond acceptors (Lipinski definition) is 4. The van der Waals surface area contributed by atoms with Crippen molar-refractivity contribution in [1.82, 2.24) is 4.90 Å². The van der Waals surface area contributed by atoms with E-state index in [1.807, 2.05) is 25.1 Å². The van der Waals surface area contributed by atoms with Gasteiger partial charge in [-0.2, -0.15) is 0 Å². The van der Waals surface area contributed by atoms with E-state index in [1.165, 1.54) is 0 Å². The summed E-state index contributed by atoms with van der Waals surface area (Å²) in [6, 6.07) is 8.89. The van der Waals surface area contributed by atoms with Gasteiger partial charge in [0.15, 0.2) is 16.4 Å². The maximum absolute atomic E-state index is 12.2. The average molecular weight is 297 g/mol. The summed E-state index contributed by atoms with van der Waals surface area (Å²) in [4.78, 5) is 13.8. The molecule has 1 amide bonds. The molecule has 1 aliphatic heterocycles. The molecule has 0 N–H and O–H groups in total. The first kappa shape index (κ1) is 14.8. The van der Waals surface area contributed by atoms with Gasteiger partial charge in [-0.05, 0) is 25.5 Å². The highest BCUT2D eigenvalue weighted by Crippen LogP contribution is 2.18. The minimum absolute atomic E-state index is 0.0611. The lowest BCUT2D eigenvalue weighted by Crippen LogP contribution is -2.43. The first-order valence-corrected chi connectivity index (χ1v) is 8.51. The third kappa shape index (κ3) is 3.72. The molecular weight excluding hydrogens is 278 g/mol. The van der Waals surface area contributed by atoms with E-state index in [-0.39, 0.29) is 30.1 Å². The molecule has 1 aromatic rings. The topological polar surface area (TPSA) is 63.7 Å². The van der Waals surface area contributed by atoms with Gasteiger partial charge in [-0.3, -0.25) is 4.79 Å². The zero-order valence-electron chi connectivity index (χ0n) is 11.5. The van der Waals surface area contributed by atoms with E-state index < -0.39 is 9.84 Å². The first-order valence-electron chi connectivity index (χ1n) is 6.69. The van der Waals surface area contributed by atoms with Crippen LogP contribution in [0, 0.1) is 0 Å². The molecule has 1 atom stereocenters. The molecule has 0 aromatic heterocycles. The summed E-state index contributed by atoms with van der Waals surface area (Å²) in [5, 5.41) is 0. The van der Waals surface area contributed by atoms with Crippen LogP contribution in [0.2, 0.25) is 0 Å². The highest BCUT2D eigenvalue weighted by Gasteiger charge is 2.33. The minimum atomic E-state index is -2.99. The van der Waals surface area contributed by atoms with Gasteiger partial charge in [0.05, 0.1) is 11.5 Å². The van der Waals surface area contributed by atoms with Crippen LogP contribution in [0.25, 0.3) is 0 Å². The Bertz CT molecular complexity index is 556. The molecule has 20 heavy (non-hydrogen) atoms. The zero-order chi connectivity index (χ0) is 14.6. The van der Waals surface area contributed by atoms with E-state index in [1.54, 1.807) is 17.0 Å². The fourth-order valence-electron chi connectivity index (χ4n) is 2.40. The van der Waals surface area contributed by atoms with Crippen LogP contribution >= 0.6 is 0 Å². The highest BCUT2D eigenvalue weighted by molar-refractivity contribution is 7.91. The molecule has 0 bridgehead atoms. The van der Waals surface area contributed by atoms with Crippen LogP contribution in [0.3, 0.4) is 0 Å². The Hall–Kier alpha value is -1.56. The largest absolute Gasteiger partial charge is 0.484 e. The standard InChI is InChI=1S/C14H19NO4S/c1-2-15(12-8-9-20(17,18)11-12)14(16)10-19-13-6-4-3-5-7-13/h3-7,12H,2,8-11H2,1H3/t12-/m1/s1. The number of ether oxygens (including phenoxy) is 1. The predicted octanol–water partition coefficient (Wildman–Crippen LogP) is 1.10. The lowest BCUT2D eigenvalue weighted by atomic mass is 10.2. The van der Waals surface area contributed by atoms with Crippen molar-refractivity contribution in [1.29, 1.82) is 0 Å². The van der Waals surface area contributed by atoms with Crippen molar-refractivity contribution in [3.05, 3.63) is 30.3 Å². The Morgan fingerprint density at radius 3 is 2.60 bits per heavy atom. The molecule has 0 spiro atoms. The van der Waals surface area contributed by atoms with Gasteiger partial charge in [0, 0.05) is 12.6 Å². The second-order valence-electron chi connectivity index (χ2n) is 4.84. The lowest BCUT2D eigenvalue weighted by molar-refractivity contribution is -0.135. The molecule has 1 saturated heterocycles. The summed E-state index contributed by atoms with van der Waals surface area (Å²) >= 11 is 0. The second kappa shape index (κ2) is 6.26. The number of rotatable bonds is 5. The number of hydrogen-bond donors (Lipinski definition) is 0. The average Bonchev–Trinajstić information content (AvgIpc) is 2.78. The molecule has 2 rings (SSSR count). The number of amides is 1. The fourth-order valence-corrected chi connectivity index (χ4v) is 4.13. The Labute approximate surface area is 119 Å². The van der Waals surface area contributed by atoms with Crippen LogP contribution in [-0.2, 0) is 14.6 Å². The maximum Gasteiger partial charge on any atom is 0.260 e. The predicted molar refractivity (Wildman–Crippen MR) is 76.4 cm³/mol. The van der Waals surface area contributed by atoms with Crippen molar-refractivity contribution in [2.45, 2.75) is 19.4 Å². The van der Waals surface area contributed by atoms with Crippen molar-refractivity contribution in [3.8, 4) is 5.75 Å². The molecule has 1 aromatic carbocycles. The number of carbonyl (C=O) groups excluding carboxylic acids is 1. The van der Waals surface area contributed by atoms with E-state index in [2.05, 4.69) is 0 Å². The Kier molecular flexibility index (Phi) is 4.65. The number of nitrogens with zero attached hydrogens (tertiary/aromatic N) is 1. The lowest BCUT2D eigenvalue weighted by Gasteiger charge is -2.26. The van der Waals surface area contributed by atoms with Crippen molar-refractivity contribution < 1.29 is 17.9 Å². The van der Waals surface area contributed by atoms with Crippen molar-refractivity contribution in [3.63, 3.8) is 0 Å². The van der Waals surface area contributed by atoms with Gasteiger partial charge >= 0.3 is 0 Å². The summed E-state index contributed by atoms with van der Waals surface area (Å²) in [5.74, 6) is 0.702. The first-order chi connectivity index (χ1) is 9.52. The number of likely N-dealkylation sites (N-methyl/N-ethyl adjacent to an activating group) is 1. The number of carbonyl (C=O) groups is 1. The van der Waals surface area contributed by atoms with Gasteiger partial charge in [0.2, 0.25) is 0 Å². The second-order valence-corrected chi connectivity index (χ2v) is 7.07. The van der Waals surface area contributed by atoms with Crippen LogP contribution in [-0.4, -0.2) is 49.9 Å². The summed E-state index contributed by atoms with van der Waals surface area (Å²) in [6.07, 6.45) is 0.521. The van der Waals surface area contributed by atoms with E-state index in [0.717, 1.165) is 0 Å². The van der Waals surface area contributed by atoms with Crippen molar-refractivity contribution in [2.75, 3.05) is 24.7 Å². The van der Waals surface area contributed by atoms with Crippen LogP contribution in [0.15, 0.2) is 30.3 Å². The molecular formula is C14H19NO4S. The number of para-hydroxylation sites is 1. The molecule has 6 heteroatoms. The SMILES string of the molecule is CCN(C(=O)COc1ccccc1)[C@@H]1CCS(=O)(=O)C1. The number of sulfone groups is 1. The van der Waals surface area contributed by atoms with Crippen LogP contribution < -0.4 is 4.74 Å². The quantitative estimate of drug-likeness (QED) is 0.816. The van der Waals surface area contributed by atoms with Crippen LogP contribution in [0.1, 0.15) is 13.3 Å². The molecule has 1 heterocycles. The molecule has 1 aliphatic rings. The van der Waals surface area contributed by atoms with Crippen LogP contribution in [0.4, 0.5) is 0 Å². The van der Waals surface area contributed by atoms with Crippen molar-refractivity contribution >= 4 is 15.7 Å². The van der Waals surface area contributed by atoms with E-state index in [9.17, 15) is 13.2 Å². The van der Waals surface area contributed by atoms with E-state index in [0.29, 0.717) is 18.7 Å². The molecule has 0 unspecified atom stereocenters.